The lowest BCUT2D eigenvalue weighted by molar-refractivity contribution is -0.142. The quantitative estimate of drug-likeness (QED) is 0.442. The number of anilines is 1. The molecule has 1 aromatic carbocycles. The molecule has 3 N–H and O–H groups in total. The number of nitrogens with zero attached hydrogens (tertiary/aromatic N) is 1. The van der Waals surface area contributed by atoms with Gasteiger partial charge in [0.1, 0.15) is 11.9 Å². The Kier molecular flexibility index (Phi) is 7.66. The number of aromatic nitrogens is 1. The van der Waals surface area contributed by atoms with E-state index in [1.807, 2.05) is 18.2 Å². The number of hydrogen-bond acceptors (Lipinski definition) is 5. The predicted octanol–water partition coefficient (Wildman–Crippen LogP) is 3.94. The third-order valence-electron chi connectivity index (χ3n) is 7.55. The minimum absolute atomic E-state index is 0.178. The summed E-state index contributed by atoms with van der Waals surface area (Å²) >= 11 is 0. The van der Waals surface area contributed by atoms with E-state index in [9.17, 15) is 14.7 Å². The van der Waals surface area contributed by atoms with Crippen molar-refractivity contribution in [1.82, 2.24) is 10.3 Å². The van der Waals surface area contributed by atoms with E-state index >= 15 is 0 Å². The van der Waals surface area contributed by atoms with Crippen LogP contribution >= 0.6 is 0 Å². The van der Waals surface area contributed by atoms with Crippen LogP contribution in [-0.4, -0.2) is 47.3 Å². The molecular weight excluding hydrogens is 454 g/mol. The summed E-state index contributed by atoms with van der Waals surface area (Å²) in [5, 5.41) is 15.6. The number of carbonyl (C=O) groups excluding carboxylic acids is 1. The van der Waals surface area contributed by atoms with Gasteiger partial charge in [-0.15, -0.1) is 0 Å². The summed E-state index contributed by atoms with van der Waals surface area (Å²) in [6.45, 7) is 1.33. The lowest BCUT2D eigenvalue weighted by Gasteiger charge is -2.35. The fourth-order valence-electron chi connectivity index (χ4n) is 5.37. The van der Waals surface area contributed by atoms with Gasteiger partial charge in [0.2, 0.25) is 5.91 Å². The first-order valence-corrected chi connectivity index (χ1v) is 13.2. The van der Waals surface area contributed by atoms with Gasteiger partial charge in [-0.2, -0.15) is 0 Å². The highest BCUT2D eigenvalue weighted by Gasteiger charge is 2.30. The lowest BCUT2D eigenvalue weighted by Crippen LogP contribution is -2.42. The Balaban J connectivity index is 0.990. The predicted molar refractivity (Wildman–Crippen MR) is 139 cm³/mol. The van der Waals surface area contributed by atoms with Crippen molar-refractivity contribution in [2.45, 2.75) is 69.9 Å². The fraction of sp³-hybridized carbons (Fsp3) is 0.483. The highest BCUT2D eigenvalue weighted by atomic mass is 16.5. The van der Waals surface area contributed by atoms with Crippen LogP contribution < -0.4 is 10.6 Å². The first-order valence-electron chi connectivity index (χ1n) is 13.2. The number of hydrogen-bond donors (Lipinski definition) is 3. The summed E-state index contributed by atoms with van der Waals surface area (Å²) in [6, 6.07) is 9.39. The number of fused-ring (bicyclic) bond motifs is 2. The molecule has 5 rings (SSSR count). The molecule has 1 unspecified atom stereocenters. The van der Waals surface area contributed by atoms with E-state index < -0.39 is 12.0 Å². The van der Waals surface area contributed by atoms with E-state index in [0.29, 0.717) is 12.5 Å². The minimum atomic E-state index is -1.02. The normalized spacial score (nSPS) is 20.6. The van der Waals surface area contributed by atoms with Crippen LogP contribution in [0.4, 0.5) is 5.82 Å². The fourth-order valence-corrected chi connectivity index (χ4v) is 5.37. The van der Waals surface area contributed by atoms with Gasteiger partial charge in [0.05, 0.1) is 12.5 Å². The molecule has 0 bridgehead atoms. The Bertz CT molecular complexity index is 1140. The number of allylic oxidation sites excluding steroid dienone is 1. The molecule has 1 atom stereocenters. The summed E-state index contributed by atoms with van der Waals surface area (Å²) in [5.74, 6) is 0.378. The highest BCUT2D eigenvalue weighted by Crippen LogP contribution is 2.34. The van der Waals surface area contributed by atoms with Crippen LogP contribution in [-0.2, 0) is 40.0 Å². The largest absolute Gasteiger partial charge is 0.480 e. The zero-order chi connectivity index (χ0) is 24.9. The molecule has 36 heavy (non-hydrogen) atoms. The molecule has 0 saturated heterocycles. The van der Waals surface area contributed by atoms with Crippen molar-refractivity contribution in [1.29, 1.82) is 0 Å². The average molecular weight is 490 g/mol. The molecule has 190 valence electrons. The maximum absolute atomic E-state index is 12.5. The van der Waals surface area contributed by atoms with E-state index in [1.54, 1.807) is 0 Å². The number of amides is 1. The topological polar surface area (TPSA) is 101 Å². The number of pyridine rings is 1. The van der Waals surface area contributed by atoms with Crippen molar-refractivity contribution in [3.8, 4) is 0 Å². The van der Waals surface area contributed by atoms with E-state index in [-0.39, 0.29) is 24.9 Å². The second-order valence-electron chi connectivity index (χ2n) is 10.3. The molecule has 1 aromatic heterocycles. The van der Waals surface area contributed by atoms with Crippen molar-refractivity contribution in [2.75, 3.05) is 18.5 Å². The Hall–Kier alpha value is -3.19. The summed E-state index contributed by atoms with van der Waals surface area (Å²) in [4.78, 5) is 28.9. The number of rotatable bonds is 11. The van der Waals surface area contributed by atoms with Crippen LogP contribution in [0.1, 0.15) is 60.1 Å². The van der Waals surface area contributed by atoms with E-state index in [2.05, 4.69) is 34.9 Å². The van der Waals surface area contributed by atoms with Crippen molar-refractivity contribution in [2.24, 2.45) is 5.92 Å². The monoisotopic (exact) mass is 489 g/mol. The van der Waals surface area contributed by atoms with Gasteiger partial charge in [0.15, 0.2) is 0 Å². The molecule has 1 saturated carbocycles. The second kappa shape index (κ2) is 11.2. The molecule has 2 heterocycles. The minimum Gasteiger partial charge on any atom is -0.480 e. The highest BCUT2D eigenvalue weighted by molar-refractivity contribution is 5.85. The molecule has 7 heteroatoms. The molecule has 2 aromatic rings. The molecule has 1 amide bonds. The zero-order valence-corrected chi connectivity index (χ0v) is 20.7. The molecule has 2 aliphatic carbocycles. The molecular formula is C29H35N3O4. The van der Waals surface area contributed by atoms with Gasteiger partial charge in [-0.3, -0.25) is 4.79 Å². The summed E-state index contributed by atoms with van der Waals surface area (Å²) in [5.41, 5.74) is 5.75. The van der Waals surface area contributed by atoms with E-state index in [4.69, 9.17) is 9.72 Å². The van der Waals surface area contributed by atoms with Crippen LogP contribution in [0.25, 0.3) is 6.08 Å². The second-order valence-corrected chi connectivity index (χ2v) is 10.3. The first-order chi connectivity index (χ1) is 17.5. The van der Waals surface area contributed by atoms with E-state index in [0.717, 1.165) is 62.1 Å². The lowest BCUT2D eigenvalue weighted by atomic mass is 9.79. The van der Waals surface area contributed by atoms with Gasteiger partial charge in [-0.25, -0.2) is 9.78 Å². The standard InChI is InChI=1S/C29H35N3O4/c33-27(18-19-6-8-21-3-1-4-23(21)15-19)32-26(29(34)35)12-14-36-25-16-20(17-25)7-10-24-11-9-22-5-2-13-30-28(22)31-24/h1,3,6,8-9,11,15,20,25-26H,2,4-5,7,10,12-14,16-18H2,(H,30,31)(H,32,33)(H,34,35). The maximum atomic E-state index is 12.5. The Morgan fingerprint density at radius 2 is 2.08 bits per heavy atom. The van der Waals surface area contributed by atoms with Gasteiger partial charge >= 0.3 is 5.97 Å². The Morgan fingerprint density at radius 1 is 1.19 bits per heavy atom. The van der Waals surface area contributed by atoms with Crippen molar-refractivity contribution in [3.05, 3.63) is 64.4 Å². The third kappa shape index (κ3) is 6.13. The Morgan fingerprint density at radius 3 is 2.94 bits per heavy atom. The van der Waals surface area contributed by atoms with Gasteiger partial charge in [0.25, 0.3) is 0 Å². The molecule has 0 spiro atoms. The summed E-state index contributed by atoms with van der Waals surface area (Å²) < 4.78 is 5.92. The number of ether oxygens (including phenoxy) is 1. The summed E-state index contributed by atoms with van der Waals surface area (Å²) in [7, 11) is 0. The van der Waals surface area contributed by atoms with Crippen LogP contribution in [0.5, 0.6) is 0 Å². The number of carbonyl (C=O) groups is 2. The number of benzene rings is 1. The molecule has 7 nitrogen and oxygen atoms in total. The van der Waals surface area contributed by atoms with Crippen molar-refractivity contribution in [3.63, 3.8) is 0 Å². The van der Waals surface area contributed by atoms with Crippen LogP contribution in [0.3, 0.4) is 0 Å². The molecule has 1 fully saturated rings. The molecule has 1 aliphatic heterocycles. The number of aliphatic carboxylic acids is 1. The zero-order valence-electron chi connectivity index (χ0n) is 20.7. The number of carboxylic acid groups (broad SMARTS) is 1. The van der Waals surface area contributed by atoms with Gasteiger partial charge in [-0.1, -0.05) is 36.4 Å². The SMILES string of the molecule is O=C(Cc1ccc2c(c1)CC=C2)NC(CCOC1CC(CCc2ccc3c(n2)NCCC3)C1)C(=O)O. The Labute approximate surface area is 212 Å². The van der Waals surface area contributed by atoms with E-state index in [1.165, 1.54) is 23.1 Å². The summed E-state index contributed by atoms with van der Waals surface area (Å²) in [6.07, 6.45) is 12.0. The average Bonchev–Trinajstić information content (AvgIpc) is 3.31. The maximum Gasteiger partial charge on any atom is 0.326 e. The van der Waals surface area contributed by atoms with Gasteiger partial charge in [-0.05, 0) is 79.2 Å². The smallest absolute Gasteiger partial charge is 0.326 e. The van der Waals surface area contributed by atoms with Gasteiger partial charge in [0, 0.05) is 25.3 Å². The molecule has 0 radical (unpaired) electrons. The van der Waals surface area contributed by atoms with Crippen LogP contribution in [0.15, 0.2) is 36.4 Å². The number of carboxylic acids is 1. The molecule has 3 aliphatic rings. The van der Waals surface area contributed by atoms with Crippen molar-refractivity contribution >= 4 is 23.8 Å². The van der Waals surface area contributed by atoms with Crippen LogP contribution in [0.2, 0.25) is 0 Å². The van der Waals surface area contributed by atoms with Gasteiger partial charge < -0.3 is 20.5 Å². The van der Waals surface area contributed by atoms with Crippen molar-refractivity contribution < 1.29 is 19.4 Å². The first kappa shape index (κ1) is 24.5. The number of aryl methyl sites for hydroxylation is 2. The number of nitrogens with one attached hydrogen (secondary N) is 2. The van der Waals surface area contributed by atoms with Crippen LogP contribution in [0, 0.1) is 5.92 Å². The third-order valence-corrected chi connectivity index (χ3v) is 7.55.